The summed E-state index contributed by atoms with van der Waals surface area (Å²) in [7, 11) is 1.68. The van der Waals surface area contributed by atoms with Crippen molar-refractivity contribution in [2.24, 2.45) is 0 Å². The fraction of sp³-hybridized carbons (Fsp3) is 0.455. The molecule has 0 amide bonds. The molecule has 2 aromatic carbocycles. The minimum atomic E-state index is 0.797. The van der Waals surface area contributed by atoms with Crippen molar-refractivity contribution in [2.45, 2.75) is 61.3 Å². The van der Waals surface area contributed by atoms with Crippen LogP contribution >= 0.6 is 0 Å². The maximum Gasteiger partial charge on any atom is 0.131 e. The average molecular weight is 333 g/mol. The highest BCUT2D eigenvalue weighted by Crippen LogP contribution is 2.28. The Kier molecular flexibility index (Phi) is 17.6. The van der Waals surface area contributed by atoms with E-state index in [-0.39, 0.29) is 0 Å². The molecule has 0 bridgehead atoms. The van der Waals surface area contributed by atoms with Crippen LogP contribution in [-0.2, 0) is 6.42 Å². The molecule has 2 nitrogen and oxygen atoms in total. The largest absolute Gasteiger partial charge is 0.496 e. The molecule has 0 fully saturated rings. The van der Waals surface area contributed by atoms with Crippen LogP contribution in [0.4, 0.5) is 0 Å². The Bertz CT molecular complexity index is 493. The van der Waals surface area contributed by atoms with Gasteiger partial charge in [-0.25, -0.2) is 0 Å². The third-order valence-corrected chi connectivity index (χ3v) is 2.62. The second-order valence-electron chi connectivity index (χ2n) is 4.45. The summed E-state index contributed by atoms with van der Waals surface area (Å²) in [6, 6.07) is 15.7. The molecule has 0 saturated heterocycles. The molecule has 0 aliphatic rings. The number of methoxy groups -OCH3 is 1. The van der Waals surface area contributed by atoms with Gasteiger partial charge in [-0.3, -0.25) is 0 Å². The van der Waals surface area contributed by atoms with Crippen LogP contribution in [0.3, 0.4) is 0 Å². The van der Waals surface area contributed by atoms with Crippen molar-refractivity contribution in [3.05, 3.63) is 54.1 Å². The molecular weight excluding hydrogens is 296 g/mol. The molecule has 2 aromatic rings. The Morgan fingerprint density at radius 1 is 0.750 bits per heavy atom. The number of hydrogen-bond acceptors (Lipinski definition) is 2. The maximum atomic E-state index is 5.74. The monoisotopic (exact) mass is 332 g/mol. The van der Waals surface area contributed by atoms with Crippen molar-refractivity contribution in [1.29, 1.82) is 0 Å². The van der Waals surface area contributed by atoms with Gasteiger partial charge in [-0.2, -0.15) is 0 Å². The summed E-state index contributed by atoms with van der Waals surface area (Å²) in [5.41, 5.74) is 1.19. The molecule has 0 heterocycles. The summed E-state index contributed by atoms with van der Waals surface area (Å²) >= 11 is 0. The van der Waals surface area contributed by atoms with Gasteiger partial charge in [0, 0.05) is 6.07 Å². The highest BCUT2D eigenvalue weighted by molar-refractivity contribution is 5.42. The zero-order valence-electron chi connectivity index (χ0n) is 16.8. The summed E-state index contributed by atoms with van der Waals surface area (Å²) in [5.74, 6) is 2.50. The Balaban J connectivity index is 0. The van der Waals surface area contributed by atoms with E-state index < -0.39 is 0 Å². The van der Waals surface area contributed by atoms with Gasteiger partial charge in [-0.15, -0.1) is 0 Å². The van der Waals surface area contributed by atoms with Gasteiger partial charge in [0.2, 0.25) is 0 Å². The molecule has 0 spiro atoms. The van der Waals surface area contributed by atoms with Crippen LogP contribution in [0, 0.1) is 0 Å². The fourth-order valence-corrected chi connectivity index (χ4v) is 1.71. The zero-order chi connectivity index (χ0) is 18.8. The van der Waals surface area contributed by atoms with Crippen molar-refractivity contribution in [2.75, 3.05) is 7.11 Å². The number of rotatable bonds is 4. The molecule has 2 rings (SSSR count). The van der Waals surface area contributed by atoms with Gasteiger partial charge in [0.25, 0.3) is 0 Å². The van der Waals surface area contributed by atoms with Crippen LogP contribution in [0.15, 0.2) is 48.5 Å². The predicted molar refractivity (Wildman–Crippen MR) is 108 cm³/mol. The second-order valence-corrected chi connectivity index (χ2v) is 4.45. The normalized spacial score (nSPS) is 8.33. The van der Waals surface area contributed by atoms with Gasteiger partial charge in [-0.05, 0) is 30.2 Å². The molecule has 136 valence electrons. The minimum Gasteiger partial charge on any atom is -0.496 e. The Hall–Kier alpha value is -1.96. The summed E-state index contributed by atoms with van der Waals surface area (Å²) < 4.78 is 11.1. The van der Waals surface area contributed by atoms with Crippen molar-refractivity contribution in [3.63, 3.8) is 0 Å². The summed E-state index contributed by atoms with van der Waals surface area (Å²) in [4.78, 5) is 0. The van der Waals surface area contributed by atoms with E-state index in [0.717, 1.165) is 23.7 Å². The van der Waals surface area contributed by atoms with E-state index in [1.54, 1.807) is 7.11 Å². The van der Waals surface area contributed by atoms with E-state index in [1.165, 1.54) is 12.0 Å². The number of hydrogen-bond donors (Lipinski definition) is 0. The molecule has 0 unspecified atom stereocenters. The van der Waals surface area contributed by atoms with E-state index in [0.29, 0.717) is 0 Å². The topological polar surface area (TPSA) is 18.5 Å². The lowest BCUT2D eigenvalue weighted by Crippen LogP contribution is -1.91. The van der Waals surface area contributed by atoms with Gasteiger partial charge < -0.3 is 9.47 Å². The molecule has 0 aliphatic heterocycles. The van der Waals surface area contributed by atoms with E-state index in [2.05, 4.69) is 20.8 Å². The summed E-state index contributed by atoms with van der Waals surface area (Å²) in [6.07, 6.45) is 2.20. The first kappa shape index (κ1) is 24.3. The molecule has 24 heavy (non-hydrogen) atoms. The van der Waals surface area contributed by atoms with E-state index >= 15 is 0 Å². The molecule has 0 atom stereocenters. The molecular formula is C22H36O2. The quantitative estimate of drug-likeness (QED) is 0.576. The third kappa shape index (κ3) is 9.94. The molecule has 0 radical (unpaired) electrons. The van der Waals surface area contributed by atoms with Crippen LogP contribution in [0.1, 0.15) is 60.5 Å². The van der Waals surface area contributed by atoms with E-state index in [9.17, 15) is 0 Å². The van der Waals surface area contributed by atoms with Crippen LogP contribution in [0.5, 0.6) is 17.2 Å². The zero-order valence-corrected chi connectivity index (χ0v) is 16.8. The maximum absolute atomic E-state index is 5.74. The first-order chi connectivity index (χ1) is 11.7. The summed E-state index contributed by atoms with van der Waals surface area (Å²) in [6.45, 7) is 14.4. The SMILES string of the molecule is CC.CC.CCC.CCc1ccc(Oc2ccccc2)cc1OC. The number of ether oxygens (including phenoxy) is 2. The van der Waals surface area contributed by atoms with Crippen molar-refractivity contribution in [1.82, 2.24) is 0 Å². The average Bonchev–Trinajstić information content (AvgIpc) is 2.66. The summed E-state index contributed by atoms with van der Waals surface area (Å²) in [5, 5.41) is 0. The molecule has 0 aliphatic carbocycles. The van der Waals surface area contributed by atoms with Gasteiger partial charge in [0.1, 0.15) is 17.2 Å². The predicted octanol–water partition coefficient (Wildman–Crippen LogP) is 7.52. The van der Waals surface area contributed by atoms with E-state index in [1.807, 2.05) is 76.2 Å². The third-order valence-electron chi connectivity index (χ3n) is 2.62. The number of benzene rings is 2. The molecule has 0 saturated carbocycles. The molecule has 0 aromatic heterocycles. The van der Waals surface area contributed by atoms with Crippen LogP contribution in [0.25, 0.3) is 0 Å². The fourth-order valence-electron chi connectivity index (χ4n) is 1.71. The van der Waals surface area contributed by atoms with Gasteiger partial charge in [0.05, 0.1) is 7.11 Å². The highest BCUT2D eigenvalue weighted by Gasteiger charge is 2.04. The van der Waals surface area contributed by atoms with E-state index in [4.69, 9.17) is 9.47 Å². The van der Waals surface area contributed by atoms with Gasteiger partial charge in [-0.1, -0.05) is 79.2 Å². The first-order valence-electron chi connectivity index (χ1n) is 9.14. The minimum absolute atomic E-state index is 0.797. The highest BCUT2D eigenvalue weighted by atomic mass is 16.5. The Morgan fingerprint density at radius 2 is 1.29 bits per heavy atom. The Labute approximate surface area is 149 Å². The van der Waals surface area contributed by atoms with Crippen molar-refractivity contribution >= 4 is 0 Å². The molecule has 0 N–H and O–H groups in total. The first-order valence-corrected chi connectivity index (χ1v) is 9.14. The van der Waals surface area contributed by atoms with Gasteiger partial charge >= 0.3 is 0 Å². The van der Waals surface area contributed by atoms with Crippen LogP contribution in [-0.4, -0.2) is 7.11 Å². The molecule has 2 heteroatoms. The number of aryl methyl sites for hydroxylation is 1. The standard InChI is InChI=1S/C15H16O2.C3H8.2C2H6/c1-3-12-9-10-14(11-15(12)16-2)17-13-7-5-4-6-8-13;1-3-2;2*1-2/h4-11H,3H2,1-2H3;3H2,1-2H3;2*1-2H3. The smallest absolute Gasteiger partial charge is 0.131 e. The van der Waals surface area contributed by atoms with Crippen molar-refractivity contribution < 1.29 is 9.47 Å². The lowest BCUT2D eigenvalue weighted by Gasteiger charge is -2.10. The number of para-hydroxylation sites is 1. The van der Waals surface area contributed by atoms with Crippen LogP contribution in [0.2, 0.25) is 0 Å². The van der Waals surface area contributed by atoms with Gasteiger partial charge in [0.15, 0.2) is 0 Å². The second kappa shape index (κ2) is 17.4. The van der Waals surface area contributed by atoms with Crippen LogP contribution < -0.4 is 9.47 Å². The van der Waals surface area contributed by atoms with Crippen molar-refractivity contribution in [3.8, 4) is 17.2 Å². The lowest BCUT2D eigenvalue weighted by molar-refractivity contribution is 0.404. The Morgan fingerprint density at radius 3 is 1.75 bits per heavy atom. The lowest BCUT2D eigenvalue weighted by atomic mass is 10.1.